The van der Waals surface area contributed by atoms with Gasteiger partial charge in [0, 0.05) is 13.1 Å². The molecule has 0 saturated carbocycles. The summed E-state index contributed by atoms with van der Waals surface area (Å²) in [4.78, 5) is 13.3. The Hall–Kier alpha value is -0.220. The standard InChI is InChI=1S/C8H14N2OS/c1-8(2)4-9-7-10(5-8)6(11)3-12-7/h7,9H,3-5H2,1-2H3. The summed E-state index contributed by atoms with van der Waals surface area (Å²) in [7, 11) is 0. The second-order valence-electron chi connectivity index (χ2n) is 4.23. The van der Waals surface area contributed by atoms with Gasteiger partial charge in [-0.25, -0.2) is 0 Å². The Morgan fingerprint density at radius 3 is 3.17 bits per heavy atom. The molecule has 1 N–H and O–H groups in total. The molecule has 3 nitrogen and oxygen atoms in total. The van der Waals surface area contributed by atoms with Crippen LogP contribution in [0.2, 0.25) is 0 Å². The van der Waals surface area contributed by atoms with E-state index in [-0.39, 0.29) is 16.8 Å². The van der Waals surface area contributed by atoms with Crippen LogP contribution in [0, 0.1) is 5.41 Å². The SMILES string of the molecule is CC1(C)CNC2SCC(=O)N2C1. The van der Waals surface area contributed by atoms with Gasteiger partial charge in [-0.3, -0.25) is 10.1 Å². The Morgan fingerprint density at radius 2 is 2.42 bits per heavy atom. The molecule has 2 fully saturated rings. The fraction of sp³-hybridized carbons (Fsp3) is 0.875. The minimum Gasteiger partial charge on any atom is -0.317 e. The molecule has 0 aromatic rings. The normalized spacial score (nSPS) is 33.7. The Kier molecular flexibility index (Phi) is 1.84. The zero-order valence-electron chi connectivity index (χ0n) is 7.46. The van der Waals surface area contributed by atoms with Crippen LogP contribution in [-0.4, -0.2) is 35.1 Å². The molecule has 0 spiro atoms. The molecular weight excluding hydrogens is 172 g/mol. The van der Waals surface area contributed by atoms with Gasteiger partial charge < -0.3 is 4.90 Å². The first kappa shape index (κ1) is 8.38. The maximum Gasteiger partial charge on any atom is 0.234 e. The van der Waals surface area contributed by atoms with Gasteiger partial charge in [-0.1, -0.05) is 13.8 Å². The highest BCUT2D eigenvalue weighted by Crippen LogP contribution is 2.31. The molecule has 2 rings (SSSR count). The number of nitrogens with one attached hydrogen (secondary N) is 1. The third kappa shape index (κ3) is 1.33. The first-order valence-corrected chi connectivity index (χ1v) is 5.28. The molecule has 0 bridgehead atoms. The van der Waals surface area contributed by atoms with Crippen molar-refractivity contribution in [3.05, 3.63) is 0 Å². The van der Waals surface area contributed by atoms with Crippen molar-refractivity contribution in [2.45, 2.75) is 19.3 Å². The van der Waals surface area contributed by atoms with Crippen molar-refractivity contribution < 1.29 is 4.79 Å². The highest BCUT2D eigenvalue weighted by atomic mass is 32.2. The molecule has 2 aliphatic rings. The fourth-order valence-corrected chi connectivity index (χ4v) is 2.71. The second-order valence-corrected chi connectivity index (χ2v) is 5.30. The van der Waals surface area contributed by atoms with Crippen LogP contribution in [-0.2, 0) is 4.79 Å². The Bertz CT molecular complexity index is 217. The van der Waals surface area contributed by atoms with Gasteiger partial charge in [0.05, 0.1) is 5.75 Å². The molecule has 2 saturated heterocycles. The van der Waals surface area contributed by atoms with Crippen molar-refractivity contribution in [1.29, 1.82) is 0 Å². The summed E-state index contributed by atoms with van der Waals surface area (Å²) >= 11 is 1.70. The van der Waals surface area contributed by atoms with E-state index in [1.165, 1.54) is 0 Å². The van der Waals surface area contributed by atoms with Gasteiger partial charge in [0.15, 0.2) is 0 Å². The van der Waals surface area contributed by atoms with Crippen molar-refractivity contribution >= 4 is 17.7 Å². The average Bonchev–Trinajstić information content (AvgIpc) is 2.31. The molecular formula is C8H14N2OS. The van der Waals surface area contributed by atoms with Gasteiger partial charge in [0.25, 0.3) is 0 Å². The van der Waals surface area contributed by atoms with Crippen LogP contribution in [0.4, 0.5) is 0 Å². The molecule has 2 heterocycles. The predicted octanol–water partition coefficient (Wildman–Crippen LogP) is 0.475. The molecule has 0 radical (unpaired) electrons. The number of hydrogen-bond donors (Lipinski definition) is 1. The van der Waals surface area contributed by atoms with E-state index in [0.29, 0.717) is 5.75 Å². The summed E-state index contributed by atoms with van der Waals surface area (Å²) in [5, 5.41) is 3.37. The van der Waals surface area contributed by atoms with Crippen LogP contribution in [0.3, 0.4) is 0 Å². The fourth-order valence-electron chi connectivity index (χ4n) is 1.67. The van der Waals surface area contributed by atoms with Gasteiger partial charge in [0.2, 0.25) is 5.91 Å². The number of hydrogen-bond acceptors (Lipinski definition) is 3. The largest absolute Gasteiger partial charge is 0.317 e. The maximum atomic E-state index is 11.4. The lowest BCUT2D eigenvalue weighted by Gasteiger charge is -2.40. The van der Waals surface area contributed by atoms with Crippen molar-refractivity contribution in [3.63, 3.8) is 0 Å². The molecule has 68 valence electrons. The third-order valence-corrected chi connectivity index (χ3v) is 3.47. The minimum atomic E-state index is 0.233. The smallest absolute Gasteiger partial charge is 0.234 e. The molecule has 1 amide bonds. The van der Waals surface area contributed by atoms with Gasteiger partial charge in [0.1, 0.15) is 5.50 Å². The first-order chi connectivity index (χ1) is 5.58. The molecule has 0 aliphatic carbocycles. The van der Waals surface area contributed by atoms with Crippen molar-refractivity contribution in [1.82, 2.24) is 10.2 Å². The van der Waals surface area contributed by atoms with E-state index in [4.69, 9.17) is 0 Å². The van der Waals surface area contributed by atoms with E-state index >= 15 is 0 Å². The molecule has 0 aromatic heterocycles. The number of nitrogens with zero attached hydrogens (tertiary/aromatic N) is 1. The van der Waals surface area contributed by atoms with Crippen LogP contribution < -0.4 is 5.32 Å². The molecule has 2 aliphatic heterocycles. The van der Waals surface area contributed by atoms with Crippen LogP contribution in [0.25, 0.3) is 0 Å². The molecule has 4 heteroatoms. The lowest BCUT2D eigenvalue weighted by molar-refractivity contribution is -0.131. The highest BCUT2D eigenvalue weighted by molar-refractivity contribution is 8.00. The predicted molar refractivity (Wildman–Crippen MR) is 49.7 cm³/mol. The monoisotopic (exact) mass is 186 g/mol. The zero-order chi connectivity index (χ0) is 8.77. The van der Waals surface area contributed by atoms with E-state index in [1.807, 2.05) is 4.90 Å². The van der Waals surface area contributed by atoms with Gasteiger partial charge in [-0.15, -0.1) is 11.8 Å². The van der Waals surface area contributed by atoms with E-state index in [0.717, 1.165) is 13.1 Å². The van der Waals surface area contributed by atoms with Crippen LogP contribution in [0.1, 0.15) is 13.8 Å². The second kappa shape index (κ2) is 2.64. The number of thioether (sulfide) groups is 1. The molecule has 1 atom stereocenters. The summed E-state index contributed by atoms with van der Waals surface area (Å²) in [5.41, 5.74) is 0.488. The topological polar surface area (TPSA) is 32.3 Å². The number of fused-ring (bicyclic) bond motifs is 1. The first-order valence-electron chi connectivity index (χ1n) is 4.23. The quantitative estimate of drug-likeness (QED) is 0.597. The Balaban J connectivity index is 2.11. The van der Waals surface area contributed by atoms with Crippen LogP contribution in [0.5, 0.6) is 0 Å². The summed E-state index contributed by atoms with van der Waals surface area (Å²) in [5.74, 6) is 0.929. The average molecular weight is 186 g/mol. The maximum absolute atomic E-state index is 11.4. The lowest BCUT2D eigenvalue weighted by Crippen LogP contribution is -2.55. The number of carbonyl (C=O) groups is 1. The minimum absolute atomic E-state index is 0.233. The van der Waals surface area contributed by atoms with E-state index in [9.17, 15) is 4.79 Å². The number of amides is 1. The molecule has 12 heavy (non-hydrogen) atoms. The van der Waals surface area contributed by atoms with Crippen molar-refractivity contribution in [2.24, 2.45) is 5.41 Å². The summed E-state index contributed by atoms with van der Waals surface area (Å²) in [6.07, 6.45) is 0. The summed E-state index contributed by atoms with van der Waals surface area (Å²) in [6.45, 7) is 6.28. The third-order valence-electron chi connectivity index (χ3n) is 2.32. The van der Waals surface area contributed by atoms with Gasteiger partial charge in [-0.05, 0) is 5.41 Å². The highest BCUT2D eigenvalue weighted by Gasteiger charge is 2.39. The Morgan fingerprint density at radius 1 is 1.67 bits per heavy atom. The van der Waals surface area contributed by atoms with Crippen molar-refractivity contribution in [3.8, 4) is 0 Å². The lowest BCUT2D eigenvalue weighted by atomic mass is 9.91. The Labute approximate surface area is 76.9 Å². The van der Waals surface area contributed by atoms with Gasteiger partial charge in [-0.2, -0.15) is 0 Å². The van der Waals surface area contributed by atoms with E-state index in [1.54, 1.807) is 11.8 Å². The van der Waals surface area contributed by atoms with E-state index in [2.05, 4.69) is 19.2 Å². The van der Waals surface area contributed by atoms with Crippen molar-refractivity contribution in [2.75, 3.05) is 18.8 Å². The summed E-state index contributed by atoms with van der Waals surface area (Å²) < 4.78 is 0. The summed E-state index contributed by atoms with van der Waals surface area (Å²) in [6, 6.07) is 0. The zero-order valence-corrected chi connectivity index (χ0v) is 8.28. The molecule has 1 unspecified atom stereocenters. The van der Waals surface area contributed by atoms with Crippen LogP contribution >= 0.6 is 11.8 Å². The van der Waals surface area contributed by atoms with E-state index < -0.39 is 0 Å². The number of rotatable bonds is 0. The van der Waals surface area contributed by atoms with Gasteiger partial charge >= 0.3 is 0 Å². The molecule has 0 aromatic carbocycles. The van der Waals surface area contributed by atoms with Crippen LogP contribution in [0.15, 0.2) is 0 Å². The number of carbonyl (C=O) groups excluding carboxylic acids is 1.